The number of allylic oxidation sites excluding steroid dienone is 1. The first-order valence-electron chi connectivity index (χ1n) is 8.81. The van der Waals surface area contributed by atoms with Gasteiger partial charge in [-0.05, 0) is 48.2 Å². The molecule has 1 heterocycles. The van der Waals surface area contributed by atoms with Crippen LogP contribution in [0.1, 0.15) is 31.7 Å². The molecule has 0 saturated carbocycles. The van der Waals surface area contributed by atoms with Crippen LogP contribution >= 0.6 is 11.8 Å². The maximum atomic E-state index is 4.15. The number of hydrogen-bond acceptors (Lipinski definition) is 2. The molecule has 2 nitrogen and oxygen atoms in total. The predicted molar refractivity (Wildman–Crippen MR) is 107 cm³/mol. The highest BCUT2D eigenvalue weighted by Gasteiger charge is 2.01. The van der Waals surface area contributed by atoms with Crippen molar-refractivity contribution in [3.63, 3.8) is 0 Å². The van der Waals surface area contributed by atoms with E-state index >= 15 is 0 Å². The van der Waals surface area contributed by atoms with Crippen LogP contribution in [-0.4, -0.2) is 9.55 Å². The van der Waals surface area contributed by atoms with Gasteiger partial charge in [-0.2, -0.15) is 0 Å². The normalized spacial score (nSPS) is 11.6. The lowest BCUT2D eigenvalue weighted by atomic mass is 10.1. The summed E-state index contributed by atoms with van der Waals surface area (Å²) in [6.45, 7) is 3.16. The Hall–Kier alpha value is -2.26. The molecule has 3 aromatic rings. The van der Waals surface area contributed by atoms with Gasteiger partial charge in [-0.15, -0.1) is 0 Å². The molecular weight excluding hydrogens is 324 g/mol. The van der Waals surface area contributed by atoms with E-state index in [1.807, 2.05) is 18.7 Å². The molecule has 2 aromatic carbocycles. The van der Waals surface area contributed by atoms with Crippen LogP contribution in [0.25, 0.3) is 6.08 Å². The van der Waals surface area contributed by atoms with Gasteiger partial charge in [0, 0.05) is 28.7 Å². The van der Waals surface area contributed by atoms with Crippen LogP contribution in [0.15, 0.2) is 88.7 Å². The largest absolute Gasteiger partial charge is 0.333 e. The van der Waals surface area contributed by atoms with Gasteiger partial charge >= 0.3 is 0 Å². The molecule has 0 aliphatic heterocycles. The van der Waals surface area contributed by atoms with E-state index in [1.54, 1.807) is 11.8 Å². The predicted octanol–water partition coefficient (Wildman–Crippen LogP) is 6.31. The van der Waals surface area contributed by atoms with Crippen LogP contribution in [0.5, 0.6) is 0 Å². The molecule has 0 fully saturated rings. The van der Waals surface area contributed by atoms with Gasteiger partial charge in [0.2, 0.25) is 0 Å². The Bertz CT molecular complexity index is 775. The van der Waals surface area contributed by atoms with Crippen molar-refractivity contribution in [2.75, 3.05) is 0 Å². The van der Waals surface area contributed by atoms with E-state index < -0.39 is 0 Å². The summed E-state index contributed by atoms with van der Waals surface area (Å²) >= 11 is 1.80. The molecule has 25 heavy (non-hydrogen) atoms. The van der Waals surface area contributed by atoms with Crippen molar-refractivity contribution in [3.05, 3.63) is 84.5 Å². The maximum absolute atomic E-state index is 4.15. The van der Waals surface area contributed by atoms with Crippen molar-refractivity contribution in [1.29, 1.82) is 0 Å². The summed E-state index contributed by atoms with van der Waals surface area (Å²) in [7, 11) is 0. The van der Waals surface area contributed by atoms with E-state index in [0.717, 1.165) is 13.0 Å². The van der Waals surface area contributed by atoms with Crippen LogP contribution in [-0.2, 0) is 6.54 Å². The smallest absolute Gasteiger partial charge is 0.0948 e. The summed E-state index contributed by atoms with van der Waals surface area (Å²) < 4.78 is 2.14. The van der Waals surface area contributed by atoms with E-state index in [2.05, 4.69) is 77.1 Å². The summed E-state index contributed by atoms with van der Waals surface area (Å²) in [5.74, 6) is 0. The molecular formula is C22H24N2S. The number of aromatic nitrogens is 2. The van der Waals surface area contributed by atoms with Gasteiger partial charge in [-0.25, -0.2) is 4.98 Å². The monoisotopic (exact) mass is 348 g/mol. The fourth-order valence-electron chi connectivity index (χ4n) is 2.71. The van der Waals surface area contributed by atoms with Crippen molar-refractivity contribution in [2.45, 2.75) is 42.5 Å². The minimum absolute atomic E-state index is 0.917. The number of imidazole rings is 1. The van der Waals surface area contributed by atoms with Crippen LogP contribution in [0.2, 0.25) is 0 Å². The third kappa shape index (κ3) is 5.64. The highest BCUT2D eigenvalue weighted by atomic mass is 32.2. The van der Waals surface area contributed by atoms with Gasteiger partial charge in [-0.1, -0.05) is 61.5 Å². The average Bonchev–Trinajstić information content (AvgIpc) is 3.15. The topological polar surface area (TPSA) is 17.8 Å². The van der Waals surface area contributed by atoms with Gasteiger partial charge in [-0.3, -0.25) is 0 Å². The number of hydrogen-bond donors (Lipinski definition) is 0. The Balaban J connectivity index is 1.70. The van der Waals surface area contributed by atoms with E-state index in [-0.39, 0.29) is 0 Å². The molecule has 0 saturated heterocycles. The highest BCUT2D eigenvalue weighted by molar-refractivity contribution is 7.99. The standard InChI is InChI=1S/C22H24N2S/c1-2-3-7-20(17-24-15-14-23-18-24)16-19-10-12-22(13-11-19)25-21-8-5-4-6-9-21/h4-6,8-16,18H,2-3,7,17H2,1H3. The number of rotatable bonds is 8. The molecule has 128 valence electrons. The SMILES string of the molecule is CCCCC(=Cc1ccc(Sc2ccccc2)cc1)Cn1ccnc1. The number of benzene rings is 2. The zero-order valence-electron chi connectivity index (χ0n) is 14.6. The second-order valence-electron chi connectivity index (χ2n) is 6.13. The lowest BCUT2D eigenvalue weighted by molar-refractivity contribution is 0.705. The van der Waals surface area contributed by atoms with Crippen molar-refractivity contribution in [1.82, 2.24) is 9.55 Å². The summed E-state index contributed by atoms with van der Waals surface area (Å²) in [6.07, 6.45) is 11.7. The van der Waals surface area contributed by atoms with Crippen LogP contribution in [0, 0.1) is 0 Å². The molecule has 0 unspecified atom stereocenters. The summed E-state index contributed by atoms with van der Waals surface area (Å²) in [5, 5.41) is 0. The molecule has 0 aliphatic carbocycles. The molecule has 0 aliphatic rings. The van der Waals surface area contributed by atoms with Gasteiger partial charge in [0.1, 0.15) is 0 Å². The Labute approximate surface area is 154 Å². The summed E-state index contributed by atoms with van der Waals surface area (Å²) in [6, 6.07) is 19.3. The molecule has 0 amide bonds. The molecule has 0 radical (unpaired) electrons. The minimum Gasteiger partial charge on any atom is -0.333 e. The molecule has 0 spiro atoms. The second-order valence-corrected chi connectivity index (χ2v) is 7.27. The molecule has 0 N–H and O–H groups in total. The molecule has 3 rings (SSSR count). The minimum atomic E-state index is 0.917. The van der Waals surface area contributed by atoms with Crippen molar-refractivity contribution < 1.29 is 0 Å². The van der Waals surface area contributed by atoms with E-state index in [4.69, 9.17) is 0 Å². The highest BCUT2D eigenvalue weighted by Crippen LogP contribution is 2.28. The van der Waals surface area contributed by atoms with Gasteiger partial charge in [0.15, 0.2) is 0 Å². The van der Waals surface area contributed by atoms with Crippen LogP contribution in [0.4, 0.5) is 0 Å². The molecule has 1 aromatic heterocycles. The van der Waals surface area contributed by atoms with E-state index in [0.29, 0.717) is 0 Å². The van der Waals surface area contributed by atoms with Gasteiger partial charge < -0.3 is 4.57 Å². The number of nitrogens with zero attached hydrogens (tertiary/aromatic N) is 2. The number of unbranched alkanes of at least 4 members (excludes halogenated alkanes) is 1. The first-order chi connectivity index (χ1) is 12.3. The molecule has 0 bridgehead atoms. The third-order valence-electron chi connectivity index (χ3n) is 4.03. The second kappa shape index (κ2) is 9.28. The quantitative estimate of drug-likeness (QED) is 0.475. The summed E-state index contributed by atoms with van der Waals surface area (Å²) in [5.41, 5.74) is 2.71. The van der Waals surface area contributed by atoms with Gasteiger partial charge in [0.25, 0.3) is 0 Å². The Morgan fingerprint density at radius 2 is 1.80 bits per heavy atom. The van der Waals surface area contributed by atoms with Crippen LogP contribution in [0.3, 0.4) is 0 Å². The maximum Gasteiger partial charge on any atom is 0.0948 e. The van der Waals surface area contributed by atoms with E-state index in [9.17, 15) is 0 Å². The molecule has 3 heteroatoms. The summed E-state index contributed by atoms with van der Waals surface area (Å²) in [4.78, 5) is 6.69. The zero-order chi connectivity index (χ0) is 17.3. The Kier molecular flexibility index (Phi) is 6.52. The van der Waals surface area contributed by atoms with Crippen molar-refractivity contribution in [3.8, 4) is 0 Å². The molecule has 0 atom stereocenters. The van der Waals surface area contributed by atoms with Crippen molar-refractivity contribution in [2.24, 2.45) is 0 Å². The third-order valence-corrected chi connectivity index (χ3v) is 5.04. The van der Waals surface area contributed by atoms with Gasteiger partial charge in [0.05, 0.1) is 6.33 Å². The van der Waals surface area contributed by atoms with Crippen LogP contribution < -0.4 is 0 Å². The van der Waals surface area contributed by atoms with E-state index in [1.165, 1.54) is 33.8 Å². The zero-order valence-corrected chi connectivity index (χ0v) is 15.5. The first kappa shape index (κ1) is 17.6. The average molecular weight is 349 g/mol. The lowest BCUT2D eigenvalue weighted by Gasteiger charge is -2.09. The first-order valence-corrected chi connectivity index (χ1v) is 9.63. The Morgan fingerprint density at radius 1 is 1.04 bits per heavy atom. The fraction of sp³-hybridized carbons (Fsp3) is 0.227. The lowest BCUT2D eigenvalue weighted by Crippen LogP contribution is -1.98. The van der Waals surface area contributed by atoms with Crippen molar-refractivity contribution >= 4 is 17.8 Å². The fourth-order valence-corrected chi connectivity index (χ4v) is 3.55. The Morgan fingerprint density at radius 3 is 2.48 bits per heavy atom.